The van der Waals surface area contributed by atoms with Crippen LogP contribution in [0.2, 0.25) is 0 Å². The Morgan fingerprint density at radius 1 is 1.16 bits per heavy atom. The van der Waals surface area contributed by atoms with E-state index in [1.54, 1.807) is 35.4 Å². The van der Waals surface area contributed by atoms with E-state index < -0.39 is 6.04 Å². The number of aromatic nitrogens is 3. The molecule has 0 bridgehead atoms. The van der Waals surface area contributed by atoms with E-state index in [4.69, 9.17) is 0 Å². The van der Waals surface area contributed by atoms with Crippen LogP contribution >= 0.6 is 0 Å². The van der Waals surface area contributed by atoms with Gasteiger partial charge in [-0.05, 0) is 24.5 Å². The van der Waals surface area contributed by atoms with Crippen molar-refractivity contribution in [2.24, 2.45) is 0 Å². The van der Waals surface area contributed by atoms with Crippen LogP contribution in [0.5, 0.6) is 0 Å². The number of pyridine rings is 1. The summed E-state index contributed by atoms with van der Waals surface area (Å²) in [6.45, 7) is 3.96. The lowest BCUT2D eigenvalue weighted by Gasteiger charge is -2.39. The first kappa shape index (κ1) is 21.0. The Morgan fingerprint density at radius 3 is 2.74 bits per heavy atom. The average molecular weight is 420 g/mol. The number of hydrogen-bond donors (Lipinski definition) is 0. The minimum Gasteiger partial charge on any atom is -0.342 e. The van der Waals surface area contributed by atoms with Crippen molar-refractivity contribution in [2.45, 2.75) is 45.2 Å². The van der Waals surface area contributed by atoms with Crippen molar-refractivity contribution in [2.75, 3.05) is 20.1 Å². The number of aryl methyl sites for hydroxylation is 2. The highest BCUT2D eigenvalue weighted by Gasteiger charge is 2.36. The summed E-state index contributed by atoms with van der Waals surface area (Å²) in [5.74, 6) is -0.122. The van der Waals surface area contributed by atoms with Gasteiger partial charge in [-0.2, -0.15) is 0 Å². The number of unbranched alkanes of at least 4 members (excludes halogenated alkanes) is 1. The number of carbonyl (C=O) groups is 2. The molecule has 0 spiro atoms. The molecular weight excluding hydrogens is 390 g/mol. The Bertz CT molecular complexity index is 1060. The number of nitrogens with zero attached hydrogens (tertiary/aromatic N) is 5. The number of amides is 2. The van der Waals surface area contributed by atoms with Crippen molar-refractivity contribution in [1.82, 2.24) is 24.3 Å². The summed E-state index contributed by atoms with van der Waals surface area (Å²) in [5, 5.41) is 0. The highest BCUT2D eigenvalue weighted by Crippen LogP contribution is 2.21. The fourth-order valence-corrected chi connectivity index (χ4v) is 4.12. The van der Waals surface area contributed by atoms with Gasteiger partial charge >= 0.3 is 0 Å². The number of benzene rings is 1. The van der Waals surface area contributed by atoms with Gasteiger partial charge in [0.2, 0.25) is 5.91 Å². The third kappa shape index (κ3) is 4.45. The minimum atomic E-state index is -0.398. The number of hydrogen-bond acceptors (Lipinski definition) is 4. The van der Waals surface area contributed by atoms with Crippen molar-refractivity contribution >= 4 is 23.0 Å². The molecule has 0 radical (unpaired) electrons. The monoisotopic (exact) mass is 419 g/mol. The largest absolute Gasteiger partial charge is 0.342 e. The molecule has 1 aliphatic rings. The third-order valence-corrected chi connectivity index (χ3v) is 5.99. The van der Waals surface area contributed by atoms with Crippen LogP contribution in [0.1, 0.15) is 42.1 Å². The van der Waals surface area contributed by atoms with E-state index in [2.05, 4.69) is 29.0 Å². The average Bonchev–Trinajstić information content (AvgIpc) is 3.21. The molecule has 0 saturated carbocycles. The van der Waals surface area contributed by atoms with Crippen LogP contribution < -0.4 is 0 Å². The Kier molecular flexibility index (Phi) is 6.30. The fourth-order valence-electron chi connectivity index (χ4n) is 4.12. The zero-order chi connectivity index (χ0) is 21.8. The smallest absolute Gasteiger partial charge is 0.256 e. The molecule has 162 valence electrons. The first-order chi connectivity index (χ1) is 15.1. The Balaban J connectivity index is 1.52. The molecule has 3 heterocycles. The van der Waals surface area contributed by atoms with Crippen molar-refractivity contribution in [3.8, 4) is 0 Å². The van der Waals surface area contributed by atoms with Gasteiger partial charge < -0.3 is 14.4 Å². The SMILES string of the molecule is CCCCC1C(=O)N(C)CCN1C(=O)c1cnc2c(c1)ncn2CCc1ccccc1. The van der Waals surface area contributed by atoms with Crippen molar-refractivity contribution < 1.29 is 9.59 Å². The molecule has 7 heteroatoms. The molecule has 7 nitrogen and oxygen atoms in total. The van der Waals surface area contributed by atoms with Crippen molar-refractivity contribution in [3.05, 3.63) is 60.0 Å². The summed E-state index contributed by atoms with van der Waals surface area (Å²) in [5.41, 5.74) is 3.21. The lowest BCUT2D eigenvalue weighted by Crippen LogP contribution is -2.57. The van der Waals surface area contributed by atoms with Gasteiger partial charge in [0, 0.05) is 32.9 Å². The molecule has 1 fully saturated rings. The summed E-state index contributed by atoms with van der Waals surface area (Å²) in [6, 6.07) is 11.7. The predicted molar refractivity (Wildman–Crippen MR) is 120 cm³/mol. The molecule has 2 amide bonds. The normalized spacial score (nSPS) is 16.8. The van der Waals surface area contributed by atoms with Crippen LogP contribution in [0.3, 0.4) is 0 Å². The summed E-state index contributed by atoms with van der Waals surface area (Å²) < 4.78 is 2.01. The molecule has 1 aliphatic heterocycles. The third-order valence-electron chi connectivity index (χ3n) is 5.99. The van der Waals surface area contributed by atoms with Gasteiger partial charge in [-0.25, -0.2) is 9.97 Å². The molecule has 1 unspecified atom stereocenters. The Hall–Kier alpha value is -3.22. The maximum atomic E-state index is 13.3. The second kappa shape index (κ2) is 9.29. The molecule has 2 aromatic heterocycles. The summed E-state index contributed by atoms with van der Waals surface area (Å²) >= 11 is 0. The van der Waals surface area contributed by atoms with Gasteiger partial charge in [0.05, 0.1) is 11.9 Å². The van der Waals surface area contributed by atoms with E-state index in [1.165, 1.54) is 5.56 Å². The number of carbonyl (C=O) groups excluding carboxylic acids is 2. The van der Waals surface area contributed by atoms with E-state index in [0.29, 0.717) is 30.6 Å². The molecule has 31 heavy (non-hydrogen) atoms. The summed E-state index contributed by atoms with van der Waals surface area (Å²) in [4.78, 5) is 38.4. The first-order valence-electron chi connectivity index (χ1n) is 11.0. The minimum absolute atomic E-state index is 0.0206. The Morgan fingerprint density at radius 2 is 1.97 bits per heavy atom. The zero-order valence-corrected chi connectivity index (χ0v) is 18.2. The predicted octanol–water partition coefficient (Wildman–Crippen LogP) is 3.15. The van der Waals surface area contributed by atoms with E-state index in [9.17, 15) is 9.59 Å². The number of rotatable bonds is 7. The fraction of sp³-hybridized carbons (Fsp3) is 0.417. The van der Waals surface area contributed by atoms with Crippen LogP contribution in [-0.4, -0.2) is 62.3 Å². The van der Waals surface area contributed by atoms with E-state index in [1.807, 2.05) is 22.8 Å². The summed E-state index contributed by atoms with van der Waals surface area (Å²) in [7, 11) is 1.80. The van der Waals surface area contributed by atoms with E-state index in [-0.39, 0.29) is 11.8 Å². The van der Waals surface area contributed by atoms with E-state index >= 15 is 0 Å². The second-order valence-electron chi connectivity index (χ2n) is 8.16. The molecule has 1 saturated heterocycles. The second-order valence-corrected chi connectivity index (χ2v) is 8.16. The first-order valence-corrected chi connectivity index (χ1v) is 11.0. The van der Waals surface area contributed by atoms with Crippen molar-refractivity contribution in [1.29, 1.82) is 0 Å². The molecule has 0 aliphatic carbocycles. The summed E-state index contributed by atoms with van der Waals surface area (Å²) in [6.07, 6.45) is 6.87. The van der Waals surface area contributed by atoms with Crippen molar-refractivity contribution in [3.63, 3.8) is 0 Å². The lowest BCUT2D eigenvalue weighted by atomic mass is 10.0. The standard InChI is InChI=1S/C24H29N5O2/c1-3-4-10-21-24(31)27(2)13-14-29(21)23(30)19-15-20-22(25-16-19)28(17-26-20)12-11-18-8-6-5-7-9-18/h5-9,15-17,21H,3-4,10-14H2,1-2H3. The van der Waals surface area contributed by atoms with Gasteiger partial charge in [0.25, 0.3) is 5.91 Å². The van der Waals surface area contributed by atoms with Gasteiger partial charge in [0.15, 0.2) is 5.65 Å². The van der Waals surface area contributed by atoms with Crippen LogP contribution in [0.15, 0.2) is 48.9 Å². The molecule has 1 atom stereocenters. The van der Waals surface area contributed by atoms with Crippen LogP contribution in [0.25, 0.3) is 11.2 Å². The zero-order valence-electron chi connectivity index (χ0n) is 18.2. The molecule has 1 aromatic carbocycles. The van der Waals surface area contributed by atoms with Crippen LogP contribution in [-0.2, 0) is 17.8 Å². The number of fused-ring (bicyclic) bond motifs is 1. The van der Waals surface area contributed by atoms with Gasteiger partial charge in [-0.3, -0.25) is 9.59 Å². The molecular formula is C24H29N5O2. The number of imidazole rings is 1. The molecule has 4 rings (SSSR count). The maximum absolute atomic E-state index is 13.3. The Labute approximate surface area is 182 Å². The lowest BCUT2D eigenvalue weighted by molar-refractivity contribution is -0.138. The van der Waals surface area contributed by atoms with E-state index in [0.717, 1.165) is 31.5 Å². The number of likely N-dealkylation sites (N-methyl/N-ethyl adjacent to an activating group) is 1. The number of piperazine rings is 1. The quantitative estimate of drug-likeness (QED) is 0.590. The van der Waals surface area contributed by atoms with Gasteiger partial charge in [0.1, 0.15) is 11.6 Å². The van der Waals surface area contributed by atoms with Gasteiger partial charge in [-0.1, -0.05) is 50.1 Å². The topological polar surface area (TPSA) is 71.3 Å². The maximum Gasteiger partial charge on any atom is 0.256 e. The molecule has 3 aromatic rings. The van der Waals surface area contributed by atoms with Crippen LogP contribution in [0.4, 0.5) is 0 Å². The molecule has 0 N–H and O–H groups in total. The highest BCUT2D eigenvalue weighted by molar-refractivity contribution is 5.99. The highest BCUT2D eigenvalue weighted by atomic mass is 16.2. The van der Waals surface area contributed by atoms with Crippen LogP contribution in [0, 0.1) is 0 Å². The van der Waals surface area contributed by atoms with Gasteiger partial charge in [-0.15, -0.1) is 0 Å².